The van der Waals surface area contributed by atoms with E-state index in [4.69, 9.17) is 25.8 Å². The van der Waals surface area contributed by atoms with Crippen molar-refractivity contribution in [3.05, 3.63) is 52.3 Å². The van der Waals surface area contributed by atoms with E-state index in [0.717, 1.165) is 12.1 Å². The number of methoxy groups -OCH3 is 3. The molecule has 2 amide bonds. The molecule has 0 fully saturated rings. The zero-order valence-corrected chi connectivity index (χ0v) is 14.9. The molecule has 0 radical (unpaired) electrons. The number of benzene rings is 2. The number of amides is 2. The van der Waals surface area contributed by atoms with Crippen LogP contribution in [0.5, 0.6) is 17.2 Å². The molecule has 2 N–H and O–H groups in total. The number of carbonyl (C=O) groups excluding carboxylic acids is 2. The Hall–Kier alpha value is -3.00. The normalized spacial score (nSPS) is 10.0. The molecule has 7 nitrogen and oxygen atoms in total. The monoisotopic (exact) mass is 382 g/mol. The molecule has 0 aliphatic carbocycles. The van der Waals surface area contributed by atoms with Crippen LogP contribution in [0.15, 0.2) is 30.3 Å². The molecule has 26 heavy (non-hydrogen) atoms. The largest absolute Gasteiger partial charge is 0.493 e. The van der Waals surface area contributed by atoms with Gasteiger partial charge in [0.25, 0.3) is 11.8 Å². The molecule has 0 aromatic heterocycles. The Bertz CT molecular complexity index is 819. The standard InChI is InChI=1S/C17H16ClFN2O5/c1-24-13-6-9(7-14(25-2)15(13)26-3)16(22)20-21-17(23)11-8-10(18)4-5-12(11)19/h4-8H,1-3H3,(H,20,22)(H,21,23). The molecule has 0 spiro atoms. The number of hydrogen-bond acceptors (Lipinski definition) is 5. The van der Waals surface area contributed by atoms with E-state index in [2.05, 4.69) is 10.9 Å². The minimum Gasteiger partial charge on any atom is -0.493 e. The lowest BCUT2D eigenvalue weighted by Crippen LogP contribution is -2.42. The van der Waals surface area contributed by atoms with Crippen molar-refractivity contribution in [1.29, 1.82) is 0 Å². The molecule has 0 bridgehead atoms. The molecule has 138 valence electrons. The fraction of sp³-hybridized carbons (Fsp3) is 0.176. The van der Waals surface area contributed by atoms with Crippen LogP contribution < -0.4 is 25.1 Å². The average Bonchev–Trinajstić information content (AvgIpc) is 2.66. The summed E-state index contributed by atoms with van der Waals surface area (Å²) in [6.07, 6.45) is 0. The summed E-state index contributed by atoms with van der Waals surface area (Å²) in [7, 11) is 4.24. The predicted octanol–water partition coefficient (Wildman–Crippen LogP) is 2.58. The Kier molecular flexibility index (Phi) is 6.24. The second kappa shape index (κ2) is 8.39. The third kappa shape index (κ3) is 4.15. The second-order valence-electron chi connectivity index (χ2n) is 4.95. The summed E-state index contributed by atoms with van der Waals surface area (Å²) < 4.78 is 29.2. The molecule has 0 unspecified atom stereocenters. The van der Waals surface area contributed by atoms with Crippen molar-refractivity contribution in [1.82, 2.24) is 10.9 Å². The summed E-state index contributed by atoms with van der Waals surface area (Å²) in [4.78, 5) is 24.3. The van der Waals surface area contributed by atoms with Crippen molar-refractivity contribution in [2.75, 3.05) is 21.3 Å². The van der Waals surface area contributed by atoms with Crippen molar-refractivity contribution in [2.45, 2.75) is 0 Å². The number of halogens is 2. The van der Waals surface area contributed by atoms with Gasteiger partial charge in [0.15, 0.2) is 11.5 Å². The highest BCUT2D eigenvalue weighted by atomic mass is 35.5. The first-order chi connectivity index (χ1) is 12.4. The fourth-order valence-corrected chi connectivity index (χ4v) is 2.31. The maximum Gasteiger partial charge on any atom is 0.272 e. The summed E-state index contributed by atoms with van der Waals surface area (Å²) in [5, 5.41) is 0.188. The molecule has 2 aromatic rings. The van der Waals surface area contributed by atoms with Gasteiger partial charge < -0.3 is 14.2 Å². The highest BCUT2D eigenvalue weighted by Crippen LogP contribution is 2.38. The Morgan fingerprint density at radius 1 is 0.923 bits per heavy atom. The molecule has 0 aliphatic rings. The number of nitrogens with one attached hydrogen (secondary N) is 2. The lowest BCUT2D eigenvalue weighted by Gasteiger charge is -2.14. The van der Waals surface area contributed by atoms with Crippen molar-refractivity contribution in [3.63, 3.8) is 0 Å². The molecule has 0 saturated carbocycles. The van der Waals surface area contributed by atoms with Crippen molar-refractivity contribution in [2.24, 2.45) is 0 Å². The van der Waals surface area contributed by atoms with Crippen LogP contribution in [-0.4, -0.2) is 33.1 Å². The van der Waals surface area contributed by atoms with E-state index in [1.54, 1.807) is 0 Å². The van der Waals surface area contributed by atoms with Gasteiger partial charge in [-0.2, -0.15) is 0 Å². The van der Waals surface area contributed by atoms with Gasteiger partial charge in [0.05, 0.1) is 26.9 Å². The SMILES string of the molecule is COc1cc(C(=O)NNC(=O)c2cc(Cl)ccc2F)cc(OC)c1OC. The van der Waals surface area contributed by atoms with E-state index in [1.165, 1.54) is 39.5 Å². The van der Waals surface area contributed by atoms with Gasteiger partial charge in [0.2, 0.25) is 5.75 Å². The van der Waals surface area contributed by atoms with Crippen LogP contribution in [-0.2, 0) is 0 Å². The van der Waals surface area contributed by atoms with Gasteiger partial charge in [-0.1, -0.05) is 11.6 Å². The first-order valence-electron chi connectivity index (χ1n) is 7.27. The Labute approximate surface area is 154 Å². The topological polar surface area (TPSA) is 85.9 Å². The summed E-state index contributed by atoms with van der Waals surface area (Å²) >= 11 is 5.74. The minimum absolute atomic E-state index is 0.131. The van der Waals surface area contributed by atoms with Crippen LogP contribution in [0.1, 0.15) is 20.7 Å². The maximum atomic E-state index is 13.7. The zero-order valence-electron chi connectivity index (χ0n) is 14.2. The van der Waals surface area contributed by atoms with Crippen LogP contribution in [0.2, 0.25) is 5.02 Å². The number of rotatable bonds is 5. The molecule has 0 heterocycles. The van der Waals surface area contributed by atoms with Gasteiger partial charge in [-0.25, -0.2) is 4.39 Å². The Morgan fingerprint density at radius 3 is 2.04 bits per heavy atom. The Morgan fingerprint density at radius 2 is 1.50 bits per heavy atom. The van der Waals surface area contributed by atoms with Crippen molar-refractivity contribution < 1.29 is 28.2 Å². The minimum atomic E-state index is -0.856. The molecule has 2 aromatic carbocycles. The van der Waals surface area contributed by atoms with Crippen molar-refractivity contribution >= 4 is 23.4 Å². The number of ether oxygens (including phenoxy) is 3. The van der Waals surface area contributed by atoms with Gasteiger partial charge in [-0.15, -0.1) is 0 Å². The molecule has 2 rings (SSSR count). The van der Waals surface area contributed by atoms with Gasteiger partial charge in [0.1, 0.15) is 5.82 Å². The number of hydrogen-bond donors (Lipinski definition) is 2. The van der Waals surface area contributed by atoms with Crippen LogP contribution in [0.3, 0.4) is 0 Å². The van der Waals surface area contributed by atoms with E-state index in [1.807, 2.05) is 0 Å². The van der Waals surface area contributed by atoms with E-state index >= 15 is 0 Å². The lowest BCUT2D eigenvalue weighted by atomic mass is 10.1. The second-order valence-corrected chi connectivity index (χ2v) is 5.38. The lowest BCUT2D eigenvalue weighted by molar-refractivity contribution is 0.0844. The van der Waals surface area contributed by atoms with E-state index in [0.29, 0.717) is 5.75 Å². The first-order valence-corrected chi connectivity index (χ1v) is 7.64. The van der Waals surface area contributed by atoms with Gasteiger partial charge in [-0.3, -0.25) is 20.4 Å². The van der Waals surface area contributed by atoms with Gasteiger partial charge in [0, 0.05) is 10.6 Å². The van der Waals surface area contributed by atoms with Crippen LogP contribution >= 0.6 is 11.6 Å². The van der Waals surface area contributed by atoms with Gasteiger partial charge in [-0.05, 0) is 30.3 Å². The molecule has 9 heteroatoms. The van der Waals surface area contributed by atoms with Crippen LogP contribution in [0.25, 0.3) is 0 Å². The maximum absolute atomic E-state index is 13.7. The molecular formula is C17H16ClFN2O5. The average molecular weight is 383 g/mol. The molecule has 0 saturated heterocycles. The summed E-state index contributed by atoms with van der Waals surface area (Å²) in [5.74, 6) is -1.44. The van der Waals surface area contributed by atoms with Crippen LogP contribution in [0.4, 0.5) is 4.39 Å². The molecular weight excluding hydrogens is 367 g/mol. The van der Waals surface area contributed by atoms with Crippen molar-refractivity contribution in [3.8, 4) is 17.2 Å². The third-order valence-corrected chi connectivity index (χ3v) is 3.62. The zero-order chi connectivity index (χ0) is 19.3. The van der Waals surface area contributed by atoms with Crippen LogP contribution in [0, 0.1) is 5.82 Å². The highest BCUT2D eigenvalue weighted by molar-refractivity contribution is 6.31. The molecule has 0 atom stereocenters. The third-order valence-electron chi connectivity index (χ3n) is 3.39. The quantitative estimate of drug-likeness (QED) is 0.776. The Balaban J connectivity index is 2.17. The number of hydrazine groups is 1. The summed E-state index contributed by atoms with van der Waals surface area (Å²) in [6.45, 7) is 0. The van der Waals surface area contributed by atoms with E-state index in [-0.39, 0.29) is 27.6 Å². The first kappa shape index (κ1) is 19.3. The number of carbonyl (C=O) groups is 2. The van der Waals surface area contributed by atoms with E-state index < -0.39 is 17.6 Å². The highest BCUT2D eigenvalue weighted by Gasteiger charge is 2.18. The summed E-state index contributed by atoms with van der Waals surface area (Å²) in [5.41, 5.74) is 4.13. The van der Waals surface area contributed by atoms with E-state index in [9.17, 15) is 14.0 Å². The smallest absolute Gasteiger partial charge is 0.272 e. The fourth-order valence-electron chi connectivity index (χ4n) is 2.14. The molecule has 0 aliphatic heterocycles. The van der Waals surface area contributed by atoms with Gasteiger partial charge >= 0.3 is 0 Å². The summed E-state index contributed by atoms with van der Waals surface area (Å²) in [6, 6.07) is 6.32. The predicted molar refractivity (Wildman–Crippen MR) is 92.4 cm³/mol.